The average molecular weight is 276 g/mol. The lowest BCUT2D eigenvalue weighted by Gasteiger charge is -2.11. The first-order valence-electron chi connectivity index (χ1n) is 5.44. The van der Waals surface area contributed by atoms with Gasteiger partial charge in [0.15, 0.2) is 0 Å². The first kappa shape index (κ1) is 14.7. The second-order valence-corrected chi connectivity index (χ2v) is 4.53. The van der Waals surface area contributed by atoms with Crippen molar-refractivity contribution in [2.45, 2.75) is 6.42 Å². The van der Waals surface area contributed by atoms with Gasteiger partial charge < -0.3 is 10.2 Å². The monoisotopic (exact) mass is 275 g/mol. The van der Waals surface area contributed by atoms with E-state index in [0.717, 1.165) is 25.1 Å². The number of nitro groups is 1. The van der Waals surface area contributed by atoms with E-state index in [2.05, 4.69) is 5.32 Å². The Morgan fingerprint density at radius 2 is 2.17 bits per heavy atom. The molecule has 1 aromatic carbocycles. The van der Waals surface area contributed by atoms with Gasteiger partial charge in [-0.05, 0) is 27.1 Å². The van der Waals surface area contributed by atoms with Crippen LogP contribution in [0.1, 0.15) is 6.42 Å². The van der Waals surface area contributed by atoms with Crippen LogP contribution >= 0.6 is 11.6 Å². The van der Waals surface area contributed by atoms with E-state index >= 15 is 0 Å². The zero-order valence-electron chi connectivity index (χ0n) is 10.2. The van der Waals surface area contributed by atoms with Crippen molar-refractivity contribution < 1.29 is 9.31 Å². The van der Waals surface area contributed by atoms with Gasteiger partial charge in [-0.3, -0.25) is 10.1 Å². The van der Waals surface area contributed by atoms with E-state index in [0.29, 0.717) is 6.54 Å². The largest absolute Gasteiger partial charge is 0.379 e. The van der Waals surface area contributed by atoms with Crippen LogP contribution in [0.4, 0.5) is 15.8 Å². The van der Waals surface area contributed by atoms with E-state index in [4.69, 9.17) is 11.6 Å². The molecule has 0 saturated carbocycles. The Bertz CT molecular complexity index is 441. The van der Waals surface area contributed by atoms with Gasteiger partial charge in [0.2, 0.25) is 0 Å². The van der Waals surface area contributed by atoms with Gasteiger partial charge in [0.05, 0.1) is 9.95 Å². The predicted molar refractivity (Wildman–Crippen MR) is 69.7 cm³/mol. The third-order valence-corrected chi connectivity index (χ3v) is 2.62. The van der Waals surface area contributed by atoms with Crippen LogP contribution in [-0.4, -0.2) is 37.0 Å². The summed E-state index contributed by atoms with van der Waals surface area (Å²) in [5.41, 5.74) is -0.0630. The maximum atomic E-state index is 13.3. The Balaban J connectivity index is 2.74. The van der Waals surface area contributed by atoms with Gasteiger partial charge in [-0.2, -0.15) is 0 Å². The molecule has 100 valence electrons. The van der Waals surface area contributed by atoms with Crippen LogP contribution in [0.5, 0.6) is 0 Å². The van der Waals surface area contributed by atoms with E-state index in [-0.39, 0.29) is 16.4 Å². The predicted octanol–water partition coefficient (Wildman–Crippen LogP) is 2.75. The second kappa shape index (κ2) is 6.51. The molecule has 0 aromatic heterocycles. The molecule has 0 aliphatic carbocycles. The Hall–Kier alpha value is -1.40. The average Bonchev–Trinajstić information content (AvgIpc) is 2.28. The molecule has 0 atom stereocenters. The van der Waals surface area contributed by atoms with Crippen LogP contribution in [0.25, 0.3) is 0 Å². The van der Waals surface area contributed by atoms with Gasteiger partial charge in [-0.25, -0.2) is 4.39 Å². The van der Waals surface area contributed by atoms with Crippen molar-refractivity contribution in [1.29, 1.82) is 0 Å². The number of nitrogens with one attached hydrogen (secondary N) is 1. The second-order valence-electron chi connectivity index (χ2n) is 4.12. The van der Waals surface area contributed by atoms with Gasteiger partial charge in [-0.1, -0.05) is 11.6 Å². The number of rotatable bonds is 6. The van der Waals surface area contributed by atoms with Gasteiger partial charge >= 0.3 is 0 Å². The van der Waals surface area contributed by atoms with E-state index < -0.39 is 10.7 Å². The molecule has 1 rings (SSSR count). The lowest BCUT2D eigenvalue weighted by Crippen LogP contribution is -2.16. The maximum absolute atomic E-state index is 13.3. The van der Waals surface area contributed by atoms with Crippen LogP contribution in [0.2, 0.25) is 5.02 Å². The minimum Gasteiger partial charge on any atom is -0.379 e. The normalized spacial score (nSPS) is 10.7. The quantitative estimate of drug-likeness (QED) is 0.493. The lowest BCUT2D eigenvalue weighted by molar-refractivity contribution is -0.384. The third kappa shape index (κ3) is 4.12. The van der Waals surface area contributed by atoms with Crippen molar-refractivity contribution >= 4 is 23.0 Å². The molecule has 1 aromatic rings. The van der Waals surface area contributed by atoms with Gasteiger partial charge in [0.25, 0.3) is 5.69 Å². The Morgan fingerprint density at radius 3 is 2.72 bits per heavy atom. The number of nitro benzene ring substituents is 1. The third-order valence-electron chi connectivity index (χ3n) is 2.33. The molecule has 0 unspecified atom stereocenters. The highest BCUT2D eigenvalue weighted by Gasteiger charge is 2.17. The first-order valence-corrected chi connectivity index (χ1v) is 5.81. The number of hydrogen-bond acceptors (Lipinski definition) is 4. The van der Waals surface area contributed by atoms with Crippen molar-refractivity contribution in [2.75, 3.05) is 32.5 Å². The summed E-state index contributed by atoms with van der Waals surface area (Å²) in [7, 11) is 3.87. The van der Waals surface area contributed by atoms with Crippen LogP contribution in [0.3, 0.4) is 0 Å². The molecular weight excluding hydrogens is 261 g/mol. The SMILES string of the molecule is CN(C)CCCNc1cc(F)c(Cl)cc1[N+](=O)[O-]. The first-order chi connectivity index (χ1) is 8.41. The van der Waals surface area contributed by atoms with Crippen molar-refractivity contribution in [3.8, 4) is 0 Å². The van der Waals surface area contributed by atoms with Gasteiger partial charge in [-0.15, -0.1) is 0 Å². The lowest BCUT2D eigenvalue weighted by atomic mass is 10.2. The molecule has 0 aliphatic rings. The minimum absolute atomic E-state index is 0.153. The molecule has 1 N–H and O–H groups in total. The van der Waals surface area contributed by atoms with Gasteiger partial charge in [0.1, 0.15) is 11.5 Å². The van der Waals surface area contributed by atoms with Gasteiger partial charge in [0, 0.05) is 18.7 Å². The summed E-state index contributed by atoms with van der Waals surface area (Å²) in [5.74, 6) is -0.669. The van der Waals surface area contributed by atoms with E-state index in [1.165, 1.54) is 0 Å². The highest BCUT2D eigenvalue weighted by molar-refractivity contribution is 6.31. The minimum atomic E-state index is -0.669. The van der Waals surface area contributed by atoms with E-state index in [1.807, 2.05) is 19.0 Å². The molecule has 5 nitrogen and oxygen atoms in total. The van der Waals surface area contributed by atoms with Crippen molar-refractivity contribution in [1.82, 2.24) is 4.90 Å². The number of hydrogen-bond donors (Lipinski definition) is 1. The molecule has 0 aliphatic heterocycles. The van der Waals surface area contributed by atoms with Crippen molar-refractivity contribution in [3.63, 3.8) is 0 Å². The molecular formula is C11H15ClFN3O2. The topological polar surface area (TPSA) is 58.4 Å². The molecule has 7 heteroatoms. The summed E-state index contributed by atoms with van der Waals surface area (Å²) in [6, 6.07) is 2.07. The number of nitrogens with zero attached hydrogens (tertiary/aromatic N) is 2. The number of anilines is 1. The number of halogens is 2. The molecule has 0 fully saturated rings. The molecule has 0 amide bonds. The summed E-state index contributed by atoms with van der Waals surface area (Å²) >= 11 is 5.52. The van der Waals surface area contributed by atoms with E-state index in [1.54, 1.807) is 0 Å². The highest BCUT2D eigenvalue weighted by atomic mass is 35.5. The zero-order valence-corrected chi connectivity index (χ0v) is 11.0. The van der Waals surface area contributed by atoms with Crippen molar-refractivity contribution in [2.24, 2.45) is 0 Å². The highest BCUT2D eigenvalue weighted by Crippen LogP contribution is 2.30. The fourth-order valence-electron chi connectivity index (χ4n) is 1.45. The Kier molecular flexibility index (Phi) is 5.30. The van der Waals surface area contributed by atoms with E-state index in [9.17, 15) is 14.5 Å². The Morgan fingerprint density at radius 1 is 1.50 bits per heavy atom. The van der Waals surface area contributed by atoms with Crippen LogP contribution in [-0.2, 0) is 0 Å². The summed E-state index contributed by atoms with van der Waals surface area (Å²) in [6.07, 6.45) is 0.800. The standard InChI is InChI=1S/C11H15ClFN3O2/c1-15(2)5-3-4-14-10-7-9(13)8(12)6-11(10)16(17)18/h6-7,14H,3-5H2,1-2H3. The van der Waals surface area contributed by atoms with Crippen LogP contribution in [0, 0.1) is 15.9 Å². The maximum Gasteiger partial charge on any atom is 0.294 e. The molecule has 0 bridgehead atoms. The fraction of sp³-hybridized carbons (Fsp3) is 0.455. The van der Waals surface area contributed by atoms with Crippen LogP contribution in [0.15, 0.2) is 12.1 Å². The fourth-order valence-corrected chi connectivity index (χ4v) is 1.61. The molecule has 0 spiro atoms. The van der Waals surface area contributed by atoms with Crippen LogP contribution < -0.4 is 5.32 Å². The molecule has 0 radical (unpaired) electrons. The molecule has 18 heavy (non-hydrogen) atoms. The Labute approximate surface area is 110 Å². The summed E-state index contributed by atoms with van der Waals surface area (Å²) in [4.78, 5) is 12.2. The summed E-state index contributed by atoms with van der Waals surface area (Å²) in [6.45, 7) is 1.37. The zero-order chi connectivity index (χ0) is 13.7. The molecule has 0 saturated heterocycles. The smallest absolute Gasteiger partial charge is 0.294 e. The summed E-state index contributed by atoms with van der Waals surface area (Å²) < 4.78 is 13.3. The number of benzene rings is 1. The van der Waals surface area contributed by atoms with Crippen molar-refractivity contribution in [3.05, 3.63) is 33.1 Å². The molecule has 0 heterocycles. The summed E-state index contributed by atoms with van der Waals surface area (Å²) in [5, 5.41) is 13.4.